The van der Waals surface area contributed by atoms with Crippen molar-refractivity contribution in [3.05, 3.63) is 0 Å². The van der Waals surface area contributed by atoms with Crippen molar-refractivity contribution in [2.24, 2.45) is 5.92 Å². The average Bonchev–Trinajstić information content (AvgIpc) is 1.83. The zero-order valence-electron chi connectivity index (χ0n) is 6.55. The van der Waals surface area contributed by atoms with E-state index in [0.717, 1.165) is 6.61 Å². The maximum absolute atomic E-state index is 5.30. The summed E-state index contributed by atoms with van der Waals surface area (Å²) in [5.41, 5.74) is 0. The molecule has 0 radical (unpaired) electrons. The standard InChI is InChI=1S/C6H15O2P/c1-6(2)5-8-9(4)7-3/h6H,5H2,1-4H3. The van der Waals surface area contributed by atoms with E-state index in [-0.39, 0.29) is 0 Å². The van der Waals surface area contributed by atoms with Gasteiger partial charge in [-0.05, 0) is 5.92 Å². The number of rotatable bonds is 4. The molecule has 56 valence electrons. The Kier molecular flexibility index (Phi) is 5.36. The van der Waals surface area contributed by atoms with Crippen molar-refractivity contribution in [1.29, 1.82) is 0 Å². The minimum Gasteiger partial charge on any atom is -0.338 e. The summed E-state index contributed by atoms with van der Waals surface area (Å²) in [6, 6.07) is 0. The Morgan fingerprint density at radius 2 is 2.00 bits per heavy atom. The topological polar surface area (TPSA) is 18.5 Å². The van der Waals surface area contributed by atoms with E-state index in [4.69, 9.17) is 9.05 Å². The van der Waals surface area contributed by atoms with Crippen LogP contribution in [0, 0.1) is 5.92 Å². The van der Waals surface area contributed by atoms with Crippen LogP contribution in [-0.2, 0) is 9.05 Å². The van der Waals surface area contributed by atoms with E-state index in [0.29, 0.717) is 5.92 Å². The number of hydrogen-bond acceptors (Lipinski definition) is 2. The largest absolute Gasteiger partial charge is 0.338 e. The smallest absolute Gasteiger partial charge is 0.166 e. The third-order valence-corrected chi connectivity index (χ3v) is 1.87. The van der Waals surface area contributed by atoms with Gasteiger partial charge >= 0.3 is 0 Å². The van der Waals surface area contributed by atoms with E-state index >= 15 is 0 Å². The summed E-state index contributed by atoms with van der Waals surface area (Å²) in [5, 5.41) is 0. The van der Waals surface area contributed by atoms with Gasteiger partial charge in [-0.15, -0.1) is 0 Å². The van der Waals surface area contributed by atoms with Gasteiger partial charge in [-0.3, -0.25) is 0 Å². The van der Waals surface area contributed by atoms with Crippen molar-refractivity contribution in [1.82, 2.24) is 0 Å². The van der Waals surface area contributed by atoms with Crippen LogP contribution >= 0.6 is 8.38 Å². The molecular formula is C6H15O2P. The molecule has 2 nitrogen and oxygen atoms in total. The van der Waals surface area contributed by atoms with Crippen LogP contribution in [0.2, 0.25) is 0 Å². The van der Waals surface area contributed by atoms with Gasteiger partial charge in [0.1, 0.15) is 0 Å². The second-order valence-electron chi connectivity index (χ2n) is 2.31. The Hall–Kier alpha value is 0.350. The Morgan fingerprint density at radius 3 is 2.33 bits per heavy atom. The molecule has 0 aromatic heterocycles. The van der Waals surface area contributed by atoms with Crippen molar-refractivity contribution < 1.29 is 9.05 Å². The van der Waals surface area contributed by atoms with Gasteiger partial charge in [-0.2, -0.15) is 0 Å². The van der Waals surface area contributed by atoms with E-state index in [1.807, 2.05) is 6.66 Å². The van der Waals surface area contributed by atoms with Crippen molar-refractivity contribution in [3.63, 3.8) is 0 Å². The molecule has 3 heteroatoms. The highest BCUT2D eigenvalue weighted by molar-refractivity contribution is 7.46. The predicted molar refractivity (Wildman–Crippen MR) is 40.6 cm³/mol. The fourth-order valence-corrected chi connectivity index (χ4v) is 0.920. The molecule has 0 aromatic carbocycles. The van der Waals surface area contributed by atoms with Gasteiger partial charge in [0.05, 0.1) is 6.61 Å². The molecule has 0 saturated heterocycles. The minimum atomic E-state index is -0.611. The molecule has 0 amide bonds. The molecule has 0 aliphatic heterocycles. The Bertz CT molecular complexity index is 66.1. The van der Waals surface area contributed by atoms with E-state index in [1.54, 1.807) is 7.11 Å². The summed E-state index contributed by atoms with van der Waals surface area (Å²) in [6.07, 6.45) is 0. The summed E-state index contributed by atoms with van der Waals surface area (Å²) in [7, 11) is 1.06. The zero-order valence-corrected chi connectivity index (χ0v) is 7.44. The van der Waals surface area contributed by atoms with E-state index < -0.39 is 8.38 Å². The molecule has 9 heavy (non-hydrogen) atoms. The van der Waals surface area contributed by atoms with Crippen molar-refractivity contribution >= 4 is 8.38 Å². The van der Waals surface area contributed by atoms with Gasteiger partial charge < -0.3 is 9.05 Å². The summed E-state index contributed by atoms with van der Waals surface area (Å²) in [6.45, 7) is 7.01. The van der Waals surface area contributed by atoms with Gasteiger partial charge in [0.2, 0.25) is 0 Å². The first-order valence-corrected chi connectivity index (χ1v) is 4.70. The third-order valence-electron chi connectivity index (χ3n) is 0.847. The maximum Gasteiger partial charge on any atom is 0.166 e. The Morgan fingerprint density at radius 1 is 1.44 bits per heavy atom. The lowest BCUT2D eigenvalue weighted by atomic mass is 10.2. The molecule has 0 fully saturated rings. The summed E-state index contributed by atoms with van der Waals surface area (Å²) in [5.74, 6) is 0.602. The highest BCUT2D eigenvalue weighted by atomic mass is 31.2. The van der Waals surface area contributed by atoms with Crippen LogP contribution in [0.25, 0.3) is 0 Å². The van der Waals surface area contributed by atoms with Gasteiger partial charge in [0, 0.05) is 13.8 Å². The second-order valence-corrected chi connectivity index (χ2v) is 3.81. The molecule has 0 N–H and O–H groups in total. The van der Waals surface area contributed by atoms with Crippen molar-refractivity contribution in [2.75, 3.05) is 20.4 Å². The van der Waals surface area contributed by atoms with Gasteiger partial charge in [0.25, 0.3) is 0 Å². The molecule has 1 unspecified atom stereocenters. The molecule has 0 bridgehead atoms. The second kappa shape index (κ2) is 5.16. The molecule has 0 rings (SSSR count). The molecule has 0 aliphatic carbocycles. The van der Waals surface area contributed by atoms with Crippen LogP contribution in [0.15, 0.2) is 0 Å². The van der Waals surface area contributed by atoms with Crippen LogP contribution in [-0.4, -0.2) is 20.4 Å². The quantitative estimate of drug-likeness (QED) is 0.572. The Labute approximate surface area is 58.5 Å². The van der Waals surface area contributed by atoms with Crippen LogP contribution in [0.4, 0.5) is 0 Å². The van der Waals surface area contributed by atoms with E-state index in [1.165, 1.54) is 0 Å². The summed E-state index contributed by atoms with van der Waals surface area (Å²) in [4.78, 5) is 0. The van der Waals surface area contributed by atoms with Crippen molar-refractivity contribution in [2.45, 2.75) is 13.8 Å². The first-order valence-electron chi connectivity index (χ1n) is 3.07. The SMILES string of the molecule is COP(C)OCC(C)C. The monoisotopic (exact) mass is 150 g/mol. The van der Waals surface area contributed by atoms with Crippen LogP contribution in [0.1, 0.15) is 13.8 Å². The van der Waals surface area contributed by atoms with Crippen LogP contribution in [0.3, 0.4) is 0 Å². The molecule has 0 heterocycles. The van der Waals surface area contributed by atoms with Crippen LogP contribution < -0.4 is 0 Å². The first kappa shape index (κ1) is 9.35. The van der Waals surface area contributed by atoms with Gasteiger partial charge in [-0.25, -0.2) is 0 Å². The number of hydrogen-bond donors (Lipinski definition) is 0. The lowest BCUT2D eigenvalue weighted by molar-refractivity contribution is 0.253. The van der Waals surface area contributed by atoms with Crippen molar-refractivity contribution in [3.8, 4) is 0 Å². The molecule has 0 spiro atoms. The summed E-state index contributed by atoms with van der Waals surface area (Å²) < 4.78 is 10.2. The summed E-state index contributed by atoms with van der Waals surface area (Å²) >= 11 is 0. The highest BCUT2D eigenvalue weighted by Crippen LogP contribution is 2.31. The lowest BCUT2D eigenvalue weighted by Gasteiger charge is -2.10. The lowest BCUT2D eigenvalue weighted by Crippen LogP contribution is -1.97. The minimum absolute atomic E-state index is 0.602. The normalized spacial score (nSPS) is 14.3. The first-order chi connectivity index (χ1) is 4.16. The average molecular weight is 150 g/mol. The zero-order chi connectivity index (χ0) is 7.28. The van der Waals surface area contributed by atoms with Gasteiger partial charge in [-0.1, -0.05) is 13.8 Å². The molecular weight excluding hydrogens is 135 g/mol. The molecule has 0 saturated carbocycles. The predicted octanol–water partition coefficient (Wildman–Crippen LogP) is 2.25. The highest BCUT2D eigenvalue weighted by Gasteiger charge is 2.00. The fraction of sp³-hybridized carbons (Fsp3) is 1.00. The maximum atomic E-state index is 5.30. The van der Waals surface area contributed by atoms with Crippen LogP contribution in [0.5, 0.6) is 0 Å². The Balaban J connectivity index is 3.06. The third kappa shape index (κ3) is 6.23. The van der Waals surface area contributed by atoms with E-state index in [9.17, 15) is 0 Å². The molecule has 0 aromatic rings. The van der Waals surface area contributed by atoms with E-state index in [2.05, 4.69) is 13.8 Å². The van der Waals surface area contributed by atoms with Gasteiger partial charge in [0.15, 0.2) is 8.38 Å². The molecule has 0 aliphatic rings. The fourth-order valence-electron chi connectivity index (χ4n) is 0.307. The molecule has 1 atom stereocenters.